The first-order valence-electron chi connectivity index (χ1n) is 6.51. The smallest absolute Gasteiger partial charge is 0.328 e. The van der Waals surface area contributed by atoms with E-state index in [1.165, 1.54) is 11.6 Å². The molecule has 2 nitrogen and oxygen atoms in total. The summed E-state index contributed by atoms with van der Waals surface area (Å²) < 4.78 is 0. The Labute approximate surface area is 109 Å². The molecular formula is C16H22O2. The second kappa shape index (κ2) is 6.39. The van der Waals surface area contributed by atoms with Crippen LogP contribution in [0.4, 0.5) is 0 Å². The Morgan fingerprint density at radius 2 is 1.89 bits per heavy atom. The van der Waals surface area contributed by atoms with Crippen molar-refractivity contribution >= 4 is 11.5 Å². The number of rotatable bonds is 5. The van der Waals surface area contributed by atoms with E-state index in [1.54, 1.807) is 0 Å². The van der Waals surface area contributed by atoms with Crippen LogP contribution in [-0.4, -0.2) is 11.1 Å². The minimum Gasteiger partial charge on any atom is -0.478 e. The van der Waals surface area contributed by atoms with E-state index in [0.717, 1.165) is 29.5 Å². The van der Waals surface area contributed by atoms with Crippen LogP contribution in [0.1, 0.15) is 43.4 Å². The van der Waals surface area contributed by atoms with Gasteiger partial charge in [-0.1, -0.05) is 37.6 Å². The van der Waals surface area contributed by atoms with Crippen LogP contribution in [-0.2, 0) is 4.79 Å². The molecule has 0 atom stereocenters. The Balaban J connectivity index is 3.30. The van der Waals surface area contributed by atoms with Crippen molar-refractivity contribution in [3.8, 4) is 0 Å². The number of aliphatic carboxylic acids is 1. The molecule has 0 aliphatic carbocycles. The van der Waals surface area contributed by atoms with Gasteiger partial charge < -0.3 is 5.11 Å². The van der Waals surface area contributed by atoms with Crippen molar-refractivity contribution in [1.29, 1.82) is 0 Å². The zero-order valence-electron chi connectivity index (χ0n) is 11.7. The highest BCUT2D eigenvalue weighted by atomic mass is 16.4. The predicted molar refractivity (Wildman–Crippen MR) is 75.6 cm³/mol. The molecule has 0 amide bonds. The van der Waals surface area contributed by atoms with Crippen LogP contribution in [0.2, 0.25) is 0 Å². The van der Waals surface area contributed by atoms with Crippen molar-refractivity contribution in [1.82, 2.24) is 0 Å². The molecule has 0 saturated carbocycles. The molecule has 2 heteroatoms. The summed E-state index contributed by atoms with van der Waals surface area (Å²) in [5, 5.41) is 9.05. The summed E-state index contributed by atoms with van der Waals surface area (Å²) in [4.78, 5) is 11.0. The van der Waals surface area contributed by atoms with Crippen molar-refractivity contribution in [3.05, 3.63) is 41.0 Å². The number of carbonyl (C=O) groups is 1. The lowest BCUT2D eigenvalue weighted by molar-refractivity contribution is -0.131. The molecular weight excluding hydrogens is 224 g/mol. The van der Waals surface area contributed by atoms with E-state index in [2.05, 4.69) is 26.8 Å². The van der Waals surface area contributed by atoms with Crippen molar-refractivity contribution in [2.45, 2.75) is 40.5 Å². The Morgan fingerprint density at radius 3 is 2.33 bits per heavy atom. The van der Waals surface area contributed by atoms with Gasteiger partial charge in [0.05, 0.1) is 0 Å². The van der Waals surface area contributed by atoms with Gasteiger partial charge in [-0.2, -0.15) is 0 Å². The van der Waals surface area contributed by atoms with E-state index in [4.69, 9.17) is 5.11 Å². The highest BCUT2D eigenvalue weighted by molar-refractivity contribution is 5.91. The summed E-state index contributed by atoms with van der Waals surface area (Å²) in [6.45, 7) is 8.30. The molecule has 18 heavy (non-hydrogen) atoms. The predicted octanol–water partition coefficient (Wildman–Crippen LogP) is 4.21. The summed E-state index contributed by atoms with van der Waals surface area (Å²) in [5.74, 6) is -0.556. The van der Waals surface area contributed by atoms with E-state index in [1.807, 2.05) is 19.1 Å². The standard InChI is InChI=1S/C16H22O2/c1-5-13(6-2)15(10-16(17)18)14-8-7-11(3)9-12(14)4/h7-10,13H,5-6H2,1-4H3,(H,17,18)/b15-10+. The molecule has 1 aromatic carbocycles. The van der Waals surface area contributed by atoms with Crippen molar-refractivity contribution in [2.75, 3.05) is 0 Å². The summed E-state index contributed by atoms with van der Waals surface area (Å²) in [6, 6.07) is 6.19. The number of carboxylic acid groups (broad SMARTS) is 1. The van der Waals surface area contributed by atoms with Crippen molar-refractivity contribution in [2.24, 2.45) is 5.92 Å². The molecule has 0 spiro atoms. The van der Waals surface area contributed by atoms with Crippen LogP contribution in [0.5, 0.6) is 0 Å². The van der Waals surface area contributed by atoms with Crippen LogP contribution < -0.4 is 0 Å². The third-order valence-electron chi connectivity index (χ3n) is 3.40. The van der Waals surface area contributed by atoms with E-state index in [9.17, 15) is 4.79 Å². The van der Waals surface area contributed by atoms with Crippen LogP contribution >= 0.6 is 0 Å². The van der Waals surface area contributed by atoms with E-state index < -0.39 is 5.97 Å². The van der Waals surface area contributed by atoms with Crippen LogP contribution in [0, 0.1) is 19.8 Å². The van der Waals surface area contributed by atoms with Gasteiger partial charge in [0.1, 0.15) is 0 Å². The third-order valence-corrected chi connectivity index (χ3v) is 3.40. The number of hydrogen-bond donors (Lipinski definition) is 1. The van der Waals surface area contributed by atoms with Gasteiger partial charge in [0.2, 0.25) is 0 Å². The summed E-state index contributed by atoms with van der Waals surface area (Å²) in [7, 11) is 0. The lowest BCUT2D eigenvalue weighted by atomic mass is 9.86. The molecule has 0 saturated heterocycles. The molecule has 98 valence electrons. The molecule has 1 N–H and O–H groups in total. The molecule has 0 bridgehead atoms. The van der Waals surface area contributed by atoms with Gasteiger partial charge in [0.15, 0.2) is 0 Å². The van der Waals surface area contributed by atoms with Gasteiger partial charge in [-0.15, -0.1) is 0 Å². The normalized spacial score (nSPS) is 11.9. The molecule has 0 unspecified atom stereocenters. The Morgan fingerprint density at radius 1 is 1.28 bits per heavy atom. The maximum absolute atomic E-state index is 11.0. The summed E-state index contributed by atoms with van der Waals surface area (Å²) in [5.41, 5.74) is 4.37. The molecule has 0 radical (unpaired) electrons. The van der Waals surface area contributed by atoms with Crippen LogP contribution in [0.3, 0.4) is 0 Å². The summed E-state index contributed by atoms with van der Waals surface area (Å²) >= 11 is 0. The second-order valence-electron chi connectivity index (χ2n) is 4.77. The molecule has 0 heterocycles. The summed E-state index contributed by atoms with van der Waals surface area (Å²) in [6.07, 6.45) is 3.29. The van der Waals surface area contributed by atoms with E-state index in [-0.39, 0.29) is 0 Å². The molecule has 1 aromatic rings. The number of allylic oxidation sites excluding steroid dienone is 1. The van der Waals surface area contributed by atoms with Gasteiger partial charge in [-0.05, 0) is 49.3 Å². The Bertz CT molecular complexity index is 454. The zero-order chi connectivity index (χ0) is 13.7. The lowest BCUT2D eigenvalue weighted by Crippen LogP contribution is -2.05. The Hall–Kier alpha value is -1.57. The number of aryl methyl sites for hydroxylation is 2. The van der Waals surface area contributed by atoms with Crippen molar-refractivity contribution in [3.63, 3.8) is 0 Å². The fourth-order valence-corrected chi connectivity index (χ4v) is 2.41. The first kappa shape index (κ1) is 14.5. The Kier molecular flexibility index (Phi) is 5.14. The van der Waals surface area contributed by atoms with Crippen molar-refractivity contribution < 1.29 is 9.90 Å². The van der Waals surface area contributed by atoms with Gasteiger partial charge in [-0.25, -0.2) is 4.79 Å². The maximum atomic E-state index is 11.0. The average Bonchev–Trinajstić information content (AvgIpc) is 2.29. The topological polar surface area (TPSA) is 37.3 Å². The molecule has 1 rings (SSSR count). The molecule has 0 aliphatic heterocycles. The number of hydrogen-bond acceptors (Lipinski definition) is 1. The molecule has 0 aromatic heterocycles. The van der Waals surface area contributed by atoms with E-state index in [0.29, 0.717) is 5.92 Å². The fourth-order valence-electron chi connectivity index (χ4n) is 2.41. The van der Waals surface area contributed by atoms with Crippen LogP contribution in [0.25, 0.3) is 5.57 Å². The van der Waals surface area contributed by atoms with Gasteiger partial charge in [0, 0.05) is 6.08 Å². The largest absolute Gasteiger partial charge is 0.478 e. The highest BCUT2D eigenvalue weighted by Crippen LogP contribution is 2.31. The quantitative estimate of drug-likeness (QED) is 0.790. The average molecular weight is 246 g/mol. The van der Waals surface area contributed by atoms with E-state index >= 15 is 0 Å². The highest BCUT2D eigenvalue weighted by Gasteiger charge is 2.15. The zero-order valence-corrected chi connectivity index (χ0v) is 11.7. The SMILES string of the molecule is CCC(CC)/C(=C\C(=O)O)c1ccc(C)cc1C. The second-order valence-corrected chi connectivity index (χ2v) is 4.77. The minimum atomic E-state index is -0.864. The molecule has 0 fully saturated rings. The van der Waals surface area contributed by atoms with Gasteiger partial charge >= 0.3 is 5.97 Å². The fraction of sp³-hybridized carbons (Fsp3) is 0.438. The monoisotopic (exact) mass is 246 g/mol. The van der Waals surface area contributed by atoms with Gasteiger partial charge in [-0.3, -0.25) is 0 Å². The van der Waals surface area contributed by atoms with Crippen LogP contribution in [0.15, 0.2) is 24.3 Å². The maximum Gasteiger partial charge on any atom is 0.328 e. The lowest BCUT2D eigenvalue weighted by Gasteiger charge is -2.19. The number of carboxylic acids is 1. The first-order chi connectivity index (χ1) is 8.49. The number of benzene rings is 1. The minimum absolute atomic E-state index is 0.308. The molecule has 0 aliphatic rings. The third kappa shape index (κ3) is 3.46. The first-order valence-corrected chi connectivity index (χ1v) is 6.51. The van der Waals surface area contributed by atoms with Gasteiger partial charge in [0.25, 0.3) is 0 Å².